The minimum Gasteiger partial charge on any atom is -0.368 e. The molecule has 8 nitrogen and oxygen atoms in total. The van der Waals surface area contributed by atoms with E-state index in [9.17, 15) is 0 Å². The van der Waals surface area contributed by atoms with Gasteiger partial charge in [-0.25, -0.2) is 4.98 Å². The third-order valence-corrected chi connectivity index (χ3v) is 3.02. The first-order valence-corrected chi connectivity index (χ1v) is 6.80. The molecule has 3 rings (SSSR count). The van der Waals surface area contributed by atoms with Crippen molar-refractivity contribution in [3.05, 3.63) is 40.9 Å². The Morgan fingerprint density at radius 2 is 2.05 bits per heavy atom. The Bertz CT molecular complexity index is 751. The van der Waals surface area contributed by atoms with Gasteiger partial charge in [0.2, 0.25) is 11.9 Å². The number of anilines is 3. The lowest BCUT2D eigenvalue weighted by Gasteiger charge is -2.08. The van der Waals surface area contributed by atoms with E-state index in [-0.39, 0.29) is 5.95 Å². The van der Waals surface area contributed by atoms with Crippen LogP contribution in [0, 0.1) is 6.92 Å². The number of nitrogens with one attached hydrogen (secondary N) is 1. The summed E-state index contributed by atoms with van der Waals surface area (Å²) in [7, 11) is 0. The Hall–Kier alpha value is -2.55. The van der Waals surface area contributed by atoms with E-state index in [2.05, 4.69) is 46.3 Å². The number of halogens is 1. The van der Waals surface area contributed by atoms with Gasteiger partial charge in [-0.15, -0.1) is 0 Å². The Morgan fingerprint density at radius 3 is 2.76 bits per heavy atom. The Balaban J connectivity index is 1.95. The molecule has 9 heteroatoms. The molecular formula is C12H11BrN8. The van der Waals surface area contributed by atoms with Gasteiger partial charge in [-0.1, -0.05) is 15.9 Å². The fourth-order valence-electron chi connectivity index (χ4n) is 1.79. The van der Waals surface area contributed by atoms with Crippen LogP contribution in [-0.2, 0) is 0 Å². The summed E-state index contributed by atoms with van der Waals surface area (Å²) in [4.78, 5) is 16.2. The van der Waals surface area contributed by atoms with Gasteiger partial charge in [0.05, 0.1) is 0 Å². The predicted octanol–water partition coefficient (Wildman–Crippen LogP) is 1.85. The van der Waals surface area contributed by atoms with Crippen LogP contribution in [0.1, 0.15) is 5.56 Å². The SMILES string of the molecule is Cc1cc(Br)cc(Nc2nc(N)nc(-n3cncn3)n2)c1. The van der Waals surface area contributed by atoms with Crippen molar-refractivity contribution in [1.82, 2.24) is 29.7 Å². The zero-order chi connectivity index (χ0) is 14.8. The van der Waals surface area contributed by atoms with E-state index in [1.54, 1.807) is 0 Å². The van der Waals surface area contributed by atoms with Gasteiger partial charge >= 0.3 is 0 Å². The van der Waals surface area contributed by atoms with Crippen LogP contribution in [-0.4, -0.2) is 29.7 Å². The summed E-state index contributed by atoms with van der Waals surface area (Å²) in [5.74, 6) is 0.740. The van der Waals surface area contributed by atoms with E-state index < -0.39 is 0 Å². The molecule has 0 unspecified atom stereocenters. The second-order valence-electron chi connectivity index (χ2n) is 4.30. The molecule has 0 atom stereocenters. The number of nitrogens with zero attached hydrogens (tertiary/aromatic N) is 6. The molecule has 0 amide bonds. The minimum absolute atomic E-state index is 0.102. The Labute approximate surface area is 128 Å². The standard InChI is InChI=1S/C12H11BrN8/c1-7-2-8(13)4-9(3-7)17-11-18-10(14)19-12(20-11)21-6-15-5-16-21/h2-6H,1H3,(H3,14,17,18,19,20). The lowest BCUT2D eigenvalue weighted by atomic mass is 10.2. The zero-order valence-electron chi connectivity index (χ0n) is 11.0. The molecule has 0 aliphatic heterocycles. The zero-order valence-corrected chi connectivity index (χ0v) is 12.6. The molecule has 0 aliphatic rings. The first-order chi connectivity index (χ1) is 10.1. The Kier molecular flexibility index (Phi) is 3.48. The van der Waals surface area contributed by atoms with Crippen molar-refractivity contribution in [2.75, 3.05) is 11.1 Å². The van der Waals surface area contributed by atoms with Crippen molar-refractivity contribution in [3.8, 4) is 5.95 Å². The summed E-state index contributed by atoms with van der Waals surface area (Å²) in [6.45, 7) is 2.00. The lowest BCUT2D eigenvalue weighted by molar-refractivity contribution is 0.800. The molecule has 0 fully saturated rings. The average molecular weight is 347 g/mol. The number of rotatable bonds is 3. The van der Waals surface area contributed by atoms with Gasteiger partial charge in [0.25, 0.3) is 5.95 Å². The Morgan fingerprint density at radius 1 is 1.19 bits per heavy atom. The molecule has 3 N–H and O–H groups in total. The first kappa shape index (κ1) is 13.4. The van der Waals surface area contributed by atoms with Crippen LogP contribution in [0.15, 0.2) is 35.3 Å². The van der Waals surface area contributed by atoms with Crippen molar-refractivity contribution in [3.63, 3.8) is 0 Å². The molecule has 0 spiro atoms. The smallest absolute Gasteiger partial charge is 0.258 e. The van der Waals surface area contributed by atoms with Crippen LogP contribution in [0.3, 0.4) is 0 Å². The van der Waals surface area contributed by atoms with Crippen molar-refractivity contribution in [1.29, 1.82) is 0 Å². The number of aromatic nitrogens is 6. The van der Waals surface area contributed by atoms with Gasteiger partial charge in [-0.05, 0) is 30.7 Å². The molecule has 1 aromatic carbocycles. The monoisotopic (exact) mass is 346 g/mol. The molecule has 3 aromatic rings. The van der Waals surface area contributed by atoms with Gasteiger partial charge in [0.1, 0.15) is 12.7 Å². The highest BCUT2D eigenvalue weighted by atomic mass is 79.9. The largest absolute Gasteiger partial charge is 0.368 e. The van der Waals surface area contributed by atoms with E-state index in [0.29, 0.717) is 11.9 Å². The molecule has 0 radical (unpaired) electrons. The molecule has 106 valence electrons. The van der Waals surface area contributed by atoms with Gasteiger partial charge in [-0.3, -0.25) is 0 Å². The molecule has 21 heavy (non-hydrogen) atoms. The van der Waals surface area contributed by atoms with E-state index in [4.69, 9.17) is 5.73 Å². The highest BCUT2D eigenvalue weighted by Crippen LogP contribution is 2.21. The second kappa shape index (κ2) is 5.44. The van der Waals surface area contributed by atoms with Crippen molar-refractivity contribution < 1.29 is 0 Å². The van der Waals surface area contributed by atoms with Gasteiger partial charge in [0, 0.05) is 10.2 Å². The summed E-state index contributed by atoms with van der Waals surface area (Å²) in [6.07, 6.45) is 2.88. The number of benzene rings is 1. The summed E-state index contributed by atoms with van der Waals surface area (Å²) in [5, 5.41) is 7.06. The third kappa shape index (κ3) is 3.14. The van der Waals surface area contributed by atoms with Crippen LogP contribution < -0.4 is 11.1 Å². The highest BCUT2D eigenvalue weighted by molar-refractivity contribution is 9.10. The van der Waals surface area contributed by atoms with E-state index in [0.717, 1.165) is 15.7 Å². The van der Waals surface area contributed by atoms with E-state index in [1.165, 1.54) is 17.3 Å². The summed E-state index contributed by atoms with van der Waals surface area (Å²) < 4.78 is 2.37. The predicted molar refractivity (Wildman–Crippen MR) is 81.3 cm³/mol. The maximum Gasteiger partial charge on any atom is 0.258 e. The van der Waals surface area contributed by atoms with E-state index >= 15 is 0 Å². The maximum absolute atomic E-state index is 5.71. The lowest BCUT2D eigenvalue weighted by Crippen LogP contribution is -2.09. The van der Waals surface area contributed by atoms with Crippen LogP contribution in [0.5, 0.6) is 0 Å². The third-order valence-electron chi connectivity index (χ3n) is 2.56. The summed E-state index contributed by atoms with van der Waals surface area (Å²) in [6, 6.07) is 5.90. The van der Waals surface area contributed by atoms with Gasteiger partial charge in [-0.2, -0.15) is 24.7 Å². The van der Waals surface area contributed by atoms with Crippen molar-refractivity contribution in [2.45, 2.75) is 6.92 Å². The number of aryl methyl sites for hydroxylation is 1. The minimum atomic E-state index is 0.102. The molecule has 0 bridgehead atoms. The molecular weight excluding hydrogens is 336 g/mol. The number of hydrogen-bond acceptors (Lipinski definition) is 7. The summed E-state index contributed by atoms with van der Waals surface area (Å²) in [5.41, 5.74) is 7.65. The van der Waals surface area contributed by atoms with Crippen LogP contribution in [0.4, 0.5) is 17.6 Å². The molecule has 2 aromatic heterocycles. The number of nitrogens with two attached hydrogens (primary N) is 1. The number of nitrogen functional groups attached to an aromatic ring is 1. The van der Waals surface area contributed by atoms with Crippen molar-refractivity contribution in [2.24, 2.45) is 0 Å². The number of hydrogen-bond donors (Lipinski definition) is 2. The molecule has 0 aliphatic carbocycles. The van der Waals surface area contributed by atoms with Crippen LogP contribution in [0.2, 0.25) is 0 Å². The summed E-state index contributed by atoms with van der Waals surface area (Å²) >= 11 is 3.45. The van der Waals surface area contributed by atoms with Crippen LogP contribution >= 0.6 is 15.9 Å². The van der Waals surface area contributed by atoms with Gasteiger partial charge in [0.15, 0.2) is 0 Å². The fourth-order valence-corrected chi connectivity index (χ4v) is 2.40. The maximum atomic E-state index is 5.71. The highest BCUT2D eigenvalue weighted by Gasteiger charge is 2.07. The van der Waals surface area contributed by atoms with Gasteiger partial charge < -0.3 is 11.1 Å². The molecule has 2 heterocycles. The normalized spacial score (nSPS) is 10.6. The molecule has 0 saturated heterocycles. The van der Waals surface area contributed by atoms with E-state index in [1.807, 2.05) is 25.1 Å². The fraction of sp³-hybridized carbons (Fsp3) is 0.0833. The first-order valence-electron chi connectivity index (χ1n) is 6.01. The second-order valence-corrected chi connectivity index (χ2v) is 5.22. The quantitative estimate of drug-likeness (QED) is 0.744. The van der Waals surface area contributed by atoms with Crippen LogP contribution in [0.25, 0.3) is 5.95 Å². The van der Waals surface area contributed by atoms with Crippen molar-refractivity contribution >= 4 is 33.5 Å². The average Bonchev–Trinajstić information content (AvgIpc) is 2.90. The topological polar surface area (TPSA) is 107 Å². The molecule has 0 saturated carbocycles.